The largest absolute Gasteiger partial charge is 0.353 e. The number of hydrogen-bond donors (Lipinski definition) is 0. The van der Waals surface area contributed by atoms with Crippen LogP contribution in [0.1, 0.15) is 26.7 Å². The van der Waals surface area contributed by atoms with E-state index in [4.69, 9.17) is 0 Å². The van der Waals surface area contributed by atoms with Crippen LogP contribution in [0.3, 0.4) is 0 Å². The normalized spacial score (nSPS) is 18.7. The minimum absolute atomic E-state index is 0.541. The van der Waals surface area contributed by atoms with E-state index in [1.807, 2.05) is 6.08 Å². The minimum Gasteiger partial charge on any atom is -0.353 e. The highest BCUT2D eigenvalue weighted by Gasteiger charge is 2.23. The molecule has 1 rings (SSSR count). The first-order valence-electron chi connectivity index (χ1n) is 5.51. The van der Waals surface area contributed by atoms with Gasteiger partial charge in [-0.3, -0.25) is 0 Å². The molecule has 0 aromatic rings. The first kappa shape index (κ1) is 11.8. The lowest BCUT2D eigenvalue weighted by molar-refractivity contribution is 0.283. The maximum atomic E-state index is 4.44. The van der Waals surface area contributed by atoms with Crippen LogP contribution < -0.4 is 0 Å². The lowest BCUT2D eigenvalue weighted by Gasteiger charge is -2.26. The van der Waals surface area contributed by atoms with E-state index in [0.29, 0.717) is 6.04 Å². The van der Waals surface area contributed by atoms with Crippen molar-refractivity contribution >= 4 is 6.21 Å². The van der Waals surface area contributed by atoms with Crippen LogP contribution in [-0.2, 0) is 0 Å². The second kappa shape index (κ2) is 5.54. The average Bonchev–Trinajstić information content (AvgIpc) is 2.67. The Morgan fingerprint density at radius 1 is 1.53 bits per heavy atom. The summed E-state index contributed by atoms with van der Waals surface area (Å²) in [4.78, 5) is 6.78. The van der Waals surface area contributed by atoms with E-state index in [-0.39, 0.29) is 0 Å². The molecule has 0 bridgehead atoms. The third-order valence-corrected chi connectivity index (χ3v) is 2.85. The number of aliphatic imine (C=N–C) groups is 1. The van der Waals surface area contributed by atoms with E-state index in [0.717, 1.165) is 25.2 Å². The summed E-state index contributed by atoms with van der Waals surface area (Å²) in [6.45, 7) is 13.0. The highest BCUT2D eigenvalue weighted by molar-refractivity contribution is 5.71. The van der Waals surface area contributed by atoms with Crippen molar-refractivity contribution in [2.75, 3.05) is 6.54 Å². The lowest BCUT2D eigenvalue weighted by Crippen LogP contribution is -2.28. The van der Waals surface area contributed by atoms with Gasteiger partial charge >= 0.3 is 0 Å². The first-order chi connectivity index (χ1) is 7.24. The molecule has 1 aliphatic heterocycles. The summed E-state index contributed by atoms with van der Waals surface area (Å²) in [6, 6.07) is 0.541. The highest BCUT2D eigenvalue weighted by Crippen LogP contribution is 2.27. The number of rotatable bonds is 5. The monoisotopic (exact) mass is 204 g/mol. The predicted octanol–water partition coefficient (Wildman–Crippen LogP) is 3.15. The second-order valence-electron chi connectivity index (χ2n) is 3.77. The fraction of sp³-hybridized carbons (Fsp3) is 0.462. The van der Waals surface area contributed by atoms with Crippen molar-refractivity contribution in [2.45, 2.75) is 32.7 Å². The zero-order valence-electron chi connectivity index (χ0n) is 9.74. The van der Waals surface area contributed by atoms with Gasteiger partial charge in [0.15, 0.2) is 0 Å². The van der Waals surface area contributed by atoms with Crippen molar-refractivity contribution in [3.8, 4) is 0 Å². The first-order valence-corrected chi connectivity index (χ1v) is 5.51. The molecule has 0 aromatic heterocycles. The van der Waals surface area contributed by atoms with Crippen LogP contribution in [0.15, 0.2) is 41.7 Å². The van der Waals surface area contributed by atoms with E-state index in [1.165, 1.54) is 5.57 Å². The van der Waals surface area contributed by atoms with E-state index < -0.39 is 0 Å². The summed E-state index contributed by atoms with van der Waals surface area (Å²) in [5, 5.41) is 0. The lowest BCUT2D eigenvalue weighted by atomic mass is 10.2. The van der Waals surface area contributed by atoms with Gasteiger partial charge in [-0.25, -0.2) is 4.99 Å². The van der Waals surface area contributed by atoms with Gasteiger partial charge in [-0.05, 0) is 25.3 Å². The molecular weight excluding hydrogens is 184 g/mol. The van der Waals surface area contributed by atoms with Gasteiger partial charge in [-0.15, -0.1) is 0 Å². The van der Waals surface area contributed by atoms with E-state index >= 15 is 0 Å². The van der Waals surface area contributed by atoms with Crippen molar-refractivity contribution < 1.29 is 0 Å². The maximum Gasteiger partial charge on any atom is 0.131 e. The van der Waals surface area contributed by atoms with Crippen LogP contribution in [0.5, 0.6) is 0 Å². The topological polar surface area (TPSA) is 15.6 Å². The molecule has 0 spiro atoms. The Labute approximate surface area is 92.7 Å². The van der Waals surface area contributed by atoms with Gasteiger partial charge in [-0.1, -0.05) is 32.2 Å². The minimum atomic E-state index is 0.541. The summed E-state index contributed by atoms with van der Waals surface area (Å²) >= 11 is 0. The van der Waals surface area contributed by atoms with Gasteiger partial charge in [0.05, 0.1) is 0 Å². The number of allylic oxidation sites excluding steroid dienone is 2. The van der Waals surface area contributed by atoms with Crippen molar-refractivity contribution in [3.63, 3.8) is 0 Å². The molecule has 0 saturated carbocycles. The number of nitrogens with zero attached hydrogens (tertiary/aromatic N) is 2. The summed E-state index contributed by atoms with van der Waals surface area (Å²) in [6.07, 6.45) is 7.56. The standard InChI is InChI=1S/C13H20N2/c1-5-9-14-13-12(7-3)8-10-15(13)11(4)6-2/h5,7,9,11H,1,3,6,8,10H2,2,4H3. The van der Waals surface area contributed by atoms with Crippen LogP contribution in [0.2, 0.25) is 0 Å². The molecule has 2 heteroatoms. The third kappa shape index (κ3) is 2.58. The van der Waals surface area contributed by atoms with Crippen LogP contribution in [0.4, 0.5) is 0 Å². The van der Waals surface area contributed by atoms with E-state index in [2.05, 4.69) is 36.9 Å². The fourth-order valence-corrected chi connectivity index (χ4v) is 1.77. The van der Waals surface area contributed by atoms with Crippen LogP contribution >= 0.6 is 0 Å². The Balaban J connectivity index is 2.92. The van der Waals surface area contributed by atoms with Gasteiger partial charge in [0, 0.05) is 18.8 Å². The molecule has 0 radical (unpaired) electrons. The Morgan fingerprint density at radius 2 is 2.27 bits per heavy atom. The van der Waals surface area contributed by atoms with Gasteiger partial charge < -0.3 is 4.90 Å². The average molecular weight is 204 g/mol. The van der Waals surface area contributed by atoms with Gasteiger partial charge in [0.2, 0.25) is 0 Å². The van der Waals surface area contributed by atoms with Crippen LogP contribution in [-0.4, -0.2) is 23.7 Å². The second-order valence-corrected chi connectivity index (χ2v) is 3.77. The fourth-order valence-electron chi connectivity index (χ4n) is 1.77. The smallest absolute Gasteiger partial charge is 0.131 e. The molecule has 15 heavy (non-hydrogen) atoms. The maximum absolute atomic E-state index is 4.44. The number of hydrogen-bond acceptors (Lipinski definition) is 2. The predicted molar refractivity (Wildman–Crippen MR) is 67.0 cm³/mol. The molecule has 0 amide bonds. The summed E-state index contributed by atoms with van der Waals surface area (Å²) in [5.41, 5.74) is 1.24. The molecule has 0 saturated heterocycles. The Bertz CT molecular complexity index is 300. The SMILES string of the molecule is C=CC=NC1=C(C=C)CCN1C(C)CC. The molecule has 0 N–H and O–H groups in total. The Kier molecular flexibility index (Phi) is 4.35. The van der Waals surface area contributed by atoms with Crippen LogP contribution in [0.25, 0.3) is 0 Å². The van der Waals surface area contributed by atoms with Gasteiger partial charge in [0.1, 0.15) is 5.82 Å². The zero-order chi connectivity index (χ0) is 11.3. The molecule has 1 unspecified atom stereocenters. The molecule has 1 atom stereocenters. The van der Waals surface area contributed by atoms with Crippen molar-refractivity contribution in [2.24, 2.45) is 4.99 Å². The van der Waals surface area contributed by atoms with E-state index in [9.17, 15) is 0 Å². The molecule has 2 nitrogen and oxygen atoms in total. The molecule has 0 fully saturated rings. The molecular formula is C13H20N2. The highest BCUT2D eigenvalue weighted by atomic mass is 15.2. The van der Waals surface area contributed by atoms with E-state index in [1.54, 1.807) is 12.3 Å². The molecule has 0 aromatic carbocycles. The molecule has 1 heterocycles. The Morgan fingerprint density at radius 3 is 2.80 bits per heavy atom. The zero-order valence-corrected chi connectivity index (χ0v) is 9.74. The third-order valence-electron chi connectivity index (χ3n) is 2.85. The van der Waals surface area contributed by atoms with Gasteiger partial charge in [0.25, 0.3) is 0 Å². The Hall–Kier alpha value is -1.31. The molecule has 0 aliphatic carbocycles. The summed E-state index contributed by atoms with van der Waals surface area (Å²) < 4.78 is 0. The molecule has 1 aliphatic rings. The van der Waals surface area contributed by atoms with Crippen molar-refractivity contribution in [1.29, 1.82) is 0 Å². The van der Waals surface area contributed by atoms with Crippen LogP contribution in [0, 0.1) is 0 Å². The summed E-state index contributed by atoms with van der Waals surface area (Å²) in [5.74, 6) is 1.07. The van der Waals surface area contributed by atoms with Gasteiger partial charge in [-0.2, -0.15) is 0 Å². The quantitative estimate of drug-likeness (QED) is 0.628. The van der Waals surface area contributed by atoms with Crippen molar-refractivity contribution in [1.82, 2.24) is 4.90 Å². The summed E-state index contributed by atoms with van der Waals surface area (Å²) in [7, 11) is 0. The van der Waals surface area contributed by atoms with Crippen molar-refractivity contribution in [3.05, 3.63) is 36.7 Å². The molecule has 82 valence electrons.